The van der Waals surface area contributed by atoms with E-state index in [2.05, 4.69) is 29.2 Å². The maximum Gasteiger partial charge on any atom is 0.230 e. The van der Waals surface area contributed by atoms with Crippen LogP contribution in [-0.4, -0.2) is 25.8 Å². The first-order valence-corrected chi connectivity index (χ1v) is 13.7. The molecule has 1 amide bonds. The summed E-state index contributed by atoms with van der Waals surface area (Å²) < 4.78 is 9.31. The van der Waals surface area contributed by atoms with E-state index < -0.39 is 6.52 Å². The van der Waals surface area contributed by atoms with Gasteiger partial charge in [0.2, 0.25) is 5.91 Å². The third kappa shape index (κ3) is 5.71. The maximum absolute atomic E-state index is 14.1. The van der Waals surface area contributed by atoms with Crippen molar-refractivity contribution in [3.8, 4) is 11.1 Å². The van der Waals surface area contributed by atoms with E-state index in [9.17, 15) is 11.0 Å². The van der Waals surface area contributed by atoms with E-state index in [4.69, 9.17) is 11.6 Å². The molecule has 0 spiro atoms. The van der Waals surface area contributed by atoms with Crippen LogP contribution in [0.2, 0.25) is 5.02 Å². The van der Waals surface area contributed by atoms with Crippen LogP contribution in [0.5, 0.6) is 0 Å². The van der Waals surface area contributed by atoms with Crippen molar-refractivity contribution in [1.29, 1.82) is 0 Å². The minimum Gasteiger partial charge on any atom is -0.378 e. The molecular formula is C33H35ClN2O2. The second kappa shape index (κ2) is 11.2. The Labute approximate surface area is 232 Å². The highest BCUT2D eigenvalue weighted by atomic mass is 35.5. The molecule has 0 aliphatic heterocycles. The molecule has 38 heavy (non-hydrogen) atoms. The van der Waals surface area contributed by atoms with Gasteiger partial charge >= 0.3 is 0 Å². The van der Waals surface area contributed by atoms with E-state index >= 15 is 0 Å². The fourth-order valence-electron chi connectivity index (χ4n) is 5.89. The Morgan fingerprint density at radius 3 is 2.37 bits per heavy atom. The second-order valence-corrected chi connectivity index (χ2v) is 11.2. The molecule has 3 aromatic rings. The molecule has 2 saturated carbocycles. The van der Waals surface area contributed by atoms with Crippen LogP contribution in [0.4, 0.5) is 11.4 Å². The number of carbonyl (C=O) groups is 2. The van der Waals surface area contributed by atoms with Crippen molar-refractivity contribution in [3.05, 3.63) is 89.0 Å². The minimum atomic E-state index is -0.999. The van der Waals surface area contributed by atoms with E-state index in [1.807, 2.05) is 56.6 Å². The molecule has 0 heterocycles. The molecule has 4 nitrogen and oxygen atoms in total. The van der Waals surface area contributed by atoms with Crippen molar-refractivity contribution in [2.45, 2.75) is 39.1 Å². The van der Waals surface area contributed by atoms with Gasteiger partial charge in [-0.2, -0.15) is 0 Å². The lowest BCUT2D eigenvalue weighted by molar-refractivity contribution is -0.124. The Hall–Kier alpha value is -3.37. The molecule has 2 fully saturated rings. The van der Waals surface area contributed by atoms with Crippen molar-refractivity contribution in [2.24, 2.45) is 17.8 Å². The number of anilines is 2. The van der Waals surface area contributed by atoms with Crippen molar-refractivity contribution in [1.82, 2.24) is 0 Å². The van der Waals surface area contributed by atoms with Crippen LogP contribution in [0.1, 0.15) is 45.1 Å². The Morgan fingerprint density at radius 2 is 1.74 bits per heavy atom. The summed E-state index contributed by atoms with van der Waals surface area (Å²) in [5, 5.41) is 0.461. The summed E-state index contributed by atoms with van der Waals surface area (Å²) in [7, 11) is 4.02. The molecule has 5 rings (SSSR count). The van der Waals surface area contributed by atoms with Gasteiger partial charge in [0, 0.05) is 36.4 Å². The second-order valence-electron chi connectivity index (χ2n) is 10.8. The normalized spacial score (nSPS) is 21.4. The van der Waals surface area contributed by atoms with Gasteiger partial charge in [0.1, 0.15) is 0 Å². The van der Waals surface area contributed by atoms with E-state index in [1.165, 1.54) is 19.4 Å². The van der Waals surface area contributed by atoms with Gasteiger partial charge in [0.05, 0.1) is 7.89 Å². The third-order valence-electron chi connectivity index (χ3n) is 7.94. The van der Waals surface area contributed by atoms with Crippen LogP contribution in [0.15, 0.2) is 72.8 Å². The van der Waals surface area contributed by atoms with Crippen molar-refractivity contribution in [2.75, 3.05) is 23.9 Å². The molecule has 5 heteroatoms. The van der Waals surface area contributed by atoms with E-state index in [1.54, 1.807) is 11.0 Å². The number of nitrogens with zero attached hydrogens (tertiary/aromatic N) is 2. The average molecular weight is 528 g/mol. The lowest BCUT2D eigenvalue weighted by Gasteiger charge is -2.30. The Morgan fingerprint density at radius 1 is 0.974 bits per heavy atom. The van der Waals surface area contributed by atoms with Gasteiger partial charge in [-0.05, 0) is 96.7 Å². The molecule has 0 saturated heterocycles. The highest BCUT2D eigenvalue weighted by Gasteiger charge is 2.44. The van der Waals surface area contributed by atoms with E-state index in [-0.39, 0.29) is 17.6 Å². The zero-order valence-corrected chi connectivity index (χ0v) is 23.0. The Bertz CT molecular complexity index is 1400. The van der Waals surface area contributed by atoms with Crippen molar-refractivity contribution < 1.29 is 11.0 Å². The number of carbonyl (C=O) groups excluding carboxylic acids is 2. The summed E-state index contributed by atoms with van der Waals surface area (Å²) in [6.07, 6.45) is 7.55. The predicted molar refractivity (Wildman–Crippen MR) is 157 cm³/mol. The Balaban J connectivity index is 1.49. The molecule has 3 aromatic carbocycles. The summed E-state index contributed by atoms with van der Waals surface area (Å²) in [6, 6.07) is 21.5. The van der Waals surface area contributed by atoms with Crippen LogP contribution in [0.3, 0.4) is 0 Å². The number of hydrogen-bond donors (Lipinski definition) is 0. The monoisotopic (exact) mass is 527 g/mol. The van der Waals surface area contributed by atoms with Gasteiger partial charge in [-0.15, -0.1) is 0 Å². The largest absolute Gasteiger partial charge is 0.378 e. The molecule has 0 radical (unpaired) electrons. The first kappa shape index (κ1) is 24.9. The number of fused-ring (bicyclic) bond motifs is 2. The lowest BCUT2D eigenvalue weighted by atomic mass is 9.87. The molecule has 0 aromatic heterocycles. The summed E-state index contributed by atoms with van der Waals surface area (Å²) in [5.74, 6) is 0.884. The van der Waals surface area contributed by atoms with Gasteiger partial charge in [-0.1, -0.05) is 60.5 Å². The fraction of sp³-hybridized carbons (Fsp3) is 0.333. The average Bonchev–Trinajstić information content (AvgIpc) is 3.56. The predicted octanol–water partition coefficient (Wildman–Crippen LogP) is 7.64. The molecule has 2 aliphatic rings. The van der Waals surface area contributed by atoms with Crippen LogP contribution in [0.25, 0.3) is 17.2 Å². The maximum atomic E-state index is 14.1. The van der Waals surface area contributed by atoms with Crippen molar-refractivity contribution >= 4 is 40.7 Å². The van der Waals surface area contributed by atoms with Gasteiger partial charge in [0.25, 0.3) is 0 Å². The summed E-state index contributed by atoms with van der Waals surface area (Å²) >= 11 is 6.82. The highest BCUT2D eigenvalue weighted by Crippen LogP contribution is 2.49. The van der Waals surface area contributed by atoms with E-state index in [0.29, 0.717) is 28.1 Å². The summed E-state index contributed by atoms with van der Waals surface area (Å²) in [4.78, 5) is 29.3. The number of halogens is 1. The molecule has 2 bridgehead atoms. The summed E-state index contributed by atoms with van der Waals surface area (Å²) in [5.41, 5.74) is 5.16. The van der Waals surface area contributed by atoms with Gasteiger partial charge < -0.3 is 9.80 Å². The zero-order valence-electron chi connectivity index (χ0n) is 23.2. The van der Waals surface area contributed by atoms with Crippen LogP contribution in [0, 0.1) is 17.8 Å². The smallest absolute Gasteiger partial charge is 0.230 e. The molecule has 0 N–H and O–H groups in total. The van der Waals surface area contributed by atoms with Gasteiger partial charge in [0.15, 0.2) is 5.78 Å². The quantitative estimate of drug-likeness (QED) is 0.282. The fourth-order valence-corrected chi connectivity index (χ4v) is 6.11. The standard InChI is InChI=1S/C33H35ClN2O2/c1-22(37)7-8-23-5-4-6-30(18-23)36(33(38)31-19-24-9-10-27(31)17-24)21-28-12-11-26(20-32(28)34)25-13-15-29(16-14-25)35(2)3/h4-8,11-16,18,20,24,27,31H,9-10,17,19,21H2,1-3H3/b8-7+/t24-,27+,31-/m1/s1/i21D/t21?,24-,27+,31-. The minimum absolute atomic E-state index is 0.00526. The van der Waals surface area contributed by atoms with Crippen molar-refractivity contribution in [3.63, 3.8) is 0 Å². The number of ketones is 1. The van der Waals surface area contributed by atoms with Gasteiger partial charge in [-0.25, -0.2) is 0 Å². The van der Waals surface area contributed by atoms with Crippen LogP contribution >= 0.6 is 11.6 Å². The van der Waals surface area contributed by atoms with Crippen LogP contribution in [-0.2, 0) is 16.1 Å². The number of allylic oxidation sites excluding steroid dienone is 1. The number of amides is 1. The molecule has 1 unspecified atom stereocenters. The SMILES string of the molecule is [2H]C(c1ccc(-c2ccc(N(C)C)cc2)cc1Cl)N(C(=O)[C@@H]1C[C@@H]2CC[C@H]1C2)c1cccc(/C=C/C(C)=O)c1. The number of hydrogen-bond acceptors (Lipinski definition) is 3. The van der Waals surface area contributed by atoms with Crippen LogP contribution < -0.4 is 9.80 Å². The number of rotatable bonds is 8. The topological polar surface area (TPSA) is 40.6 Å². The first-order chi connectivity index (χ1) is 18.7. The highest BCUT2D eigenvalue weighted by molar-refractivity contribution is 6.31. The lowest BCUT2D eigenvalue weighted by Crippen LogP contribution is -2.38. The van der Waals surface area contributed by atoms with E-state index in [0.717, 1.165) is 41.6 Å². The Kier molecular flexibility index (Phi) is 7.33. The van der Waals surface area contributed by atoms with Gasteiger partial charge in [-0.3, -0.25) is 9.59 Å². The third-order valence-corrected chi connectivity index (χ3v) is 8.26. The number of benzene rings is 3. The molecule has 4 atom stereocenters. The first-order valence-electron chi connectivity index (χ1n) is 13.9. The molecule has 196 valence electrons. The zero-order chi connectivity index (χ0) is 27.7. The molecule has 2 aliphatic carbocycles. The summed E-state index contributed by atoms with van der Waals surface area (Å²) in [6.45, 7) is 0.509. The molecular weight excluding hydrogens is 492 g/mol.